The van der Waals surface area contributed by atoms with Crippen LogP contribution in [0.4, 0.5) is 8.78 Å². The van der Waals surface area contributed by atoms with E-state index in [2.05, 4.69) is 9.97 Å². The predicted octanol–water partition coefficient (Wildman–Crippen LogP) is 6.16. The Bertz CT molecular complexity index is 1800. The van der Waals surface area contributed by atoms with Crippen molar-refractivity contribution in [2.24, 2.45) is 0 Å². The molecule has 6 nitrogen and oxygen atoms in total. The molecule has 4 aromatic carbocycles. The van der Waals surface area contributed by atoms with Gasteiger partial charge in [-0.3, -0.25) is 18.7 Å². The van der Waals surface area contributed by atoms with E-state index >= 15 is 0 Å². The SMILES string of the molecule is O=c1c2c(F)cccc2nc(SSc2nc3cccc(F)c3c(=O)n2-c2ccccc2)n1-c1ccccc1. The highest BCUT2D eigenvalue weighted by molar-refractivity contribution is 8.76. The molecule has 6 aromatic rings. The lowest BCUT2D eigenvalue weighted by molar-refractivity contribution is 0.635. The van der Waals surface area contributed by atoms with Crippen LogP contribution in [-0.2, 0) is 0 Å². The molecule has 0 aliphatic carbocycles. The van der Waals surface area contributed by atoms with Gasteiger partial charge in [-0.2, -0.15) is 0 Å². The Morgan fingerprint density at radius 2 is 0.921 bits per heavy atom. The molecule has 0 saturated heterocycles. The zero-order valence-electron chi connectivity index (χ0n) is 19.4. The van der Waals surface area contributed by atoms with Crippen LogP contribution in [0.25, 0.3) is 33.2 Å². The number of para-hydroxylation sites is 2. The molecule has 0 aliphatic rings. The second kappa shape index (κ2) is 9.88. The fraction of sp³-hybridized carbons (Fsp3) is 0. The number of nitrogens with zero attached hydrogens (tertiary/aromatic N) is 4. The summed E-state index contributed by atoms with van der Waals surface area (Å²) in [5, 5.41) is 0.285. The van der Waals surface area contributed by atoms with Crippen molar-refractivity contribution in [3.05, 3.63) is 129 Å². The Kier molecular flexibility index (Phi) is 6.26. The Labute approximate surface area is 222 Å². The van der Waals surface area contributed by atoms with E-state index in [9.17, 15) is 18.4 Å². The molecule has 0 saturated carbocycles. The molecule has 0 N–H and O–H groups in total. The molecule has 0 fully saturated rings. The van der Waals surface area contributed by atoms with Crippen LogP contribution >= 0.6 is 21.6 Å². The van der Waals surface area contributed by atoms with Crippen LogP contribution in [0.2, 0.25) is 0 Å². The summed E-state index contributed by atoms with van der Waals surface area (Å²) < 4.78 is 32.0. The summed E-state index contributed by atoms with van der Waals surface area (Å²) in [6.07, 6.45) is 0. The molecule has 0 aliphatic heterocycles. The monoisotopic (exact) mass is 542 g/mol. The minimum Gasteiger partial charge on any atom is -0.268 e. The van der Waals surface area contributed by atoms with Crippen LogP contribution in [-0.4, -0.2) is 19.1 Å². The minimum absolute atomic E-state index is 0.119. The number of hydrogen-bond acceptors (Lipinski definition) is 6. The van der Waals surface area contributed by atoms with E-state index in [4.69, 9.17) is 0 Å². The summed E-state index contributed by atoms with van der Waals surface area (Å²) in [6.45, 7) is 0. The lowest BCUT2D eigenvalue weighted by Gasteiger charge is -2.15. The molecule has 0 radical (unpaired) electrons. The molecule has 0 spiro atoms. The third-order valence-corrected chi connectivity index (χ3v) is 7.93. The first-order chi connectivity index (χ1) is 18.5. The molecule has 0 unspecified atom stereocenters. The van der Waals surface area contributed by atoms with Gasteiger partial charge in [0.15, 0.2) is 10.3 Å². The molecule has 186 valence electrons. The van der Waals surface area contributed by atoms with Gasteiger partial charge in [0.2, 0.25) is 0 Å². The molecular weight excluding hydrogens is 526 g/mol. The molecule has 2 aromatic heterocycles. The van der Waals surface area contributed by atoms with E-state index in [0.29, 0.717) is 11.4 Å². The smallest absolute Gasteiger partial charge is 0.268 e. The molecule has 0 bridgehead atoms. The van der Waals surface area contributed by atoms with Gasteiger partial charge in [0.25, 0.3) is 11.1 Å². The average Bonchev–Trinajstić information content (AvgIpc) is 2.93. The molecule has 38 heavy (non-hydrogen) atoms. The summed E-state index contributed by atoms with van der Waals surface area (Å²) >= 11 is 0. The highest BCUT2D eigenvalue weighted by Gasteiger charge is 2.20. The van der Waals surface area contributed by atoms with Crippen molar-refractivity contribution in [3.8, 4) is 11.4 Å². The quantitative estimate of drug-likeness (QED) is 0.192. The second-order valence-electron chi connectivity index (χ2n) is 8.18. The van der Waals surface area contributed by atoms with Crippen molar-refractivity contribution in [3.63, 3.8) is 0 Å². The maximum absolute atomic E-state index is 14.6. The van der Waals surface area contributed by atoms with Crippen molar-refractivity contribution in [2.75, 3.05) is 0 Å². The number of rotatable bonds is 5. The highest BCUT2D eigenvalue weighted by atomic mass is 33.1. The van der Waals surface area contributed by atoms with Crippen molar-refractivity contribution in [1.82, 2.24) is 19.1 Å². The normalized spacial score (nSPS) is 11.3. The Morgan fingerprint density at radius 3 is 1.32 bits per heavy atom. The zero-order valence-corrected chi connectivity index (χ0v) is 21.0. The Hall–Kier alpha value is -4.28. The Morgan fingerprint density at radius 1 is 0.526 bits per heavy atom. The first-order valence-corrected chi connectivity index (χ1v) is 13.6. The number of halogens is 2. The largest absolute Gasteiger partial charge is 0.269 e. The van der Waals surface area contributed by atoms with Gasteiger partial charge < -0.3 is 0 Å². The maximum Gasteiger partial charge on any atom is 0.269 e. The Balaban J connectivity index is 1.54. The first-order valence-electron chi connectivity index (χ1n) is 11.4. The maximum atomic E-state index is 14.6. The van der Waals surface area contributed by atoms with Crippen LogP contribution in [0.15, 0.2) is 117 Å². The first kappa shape index (κ1) is 24.1. The van der Waals surface area contributed by atoms with E-state index in [1.165, 1.54) is 33.4 Å². The van der Waals surface area contributed by atoms with Crippen LogP contribution in [0.3, 0.4) is 0 Å². The number of aromatic nitrogens is 4. The molecule has 0 atom stereocenters. The van der Waals surface area contributed by atoms with Gasteiger partial charge in [-0.15, -0.1) is 0 Å². The van der Waals surface area contributed by atoms with E-state index < -0.39 is 22.8 Å². The molecule has 2 heterocycles. The van der Waals surface area contributed by atoms with Crippen LogP contribution < -0.4 is 11.1 Å². The second-order valence-corrected chi connectivity index (χ2v) is 10.2. The third kappa shape index (κ3) is 4.17. The van der Waals surface area contributed by atoms with Crippen molar-refractivity contribution < 1.29 is 8.78 Å². The number of fused-ring (bicyclic) bond motifs is 2. The lowest BCUT2D eigenvalue weighted by Crippen LogP contribution is -2.23. The van der Waals surface area contributed by atoms with Gasteiger partial charge >= 0.3 is 0 Å². The van der Waals surface area contributed by atoms with E-state index in [1.54, 1.807) is 60.7 Å². The zero-order chi connectivity index (χ0) is 26.2. The third-order valence-electron chi connectivity index (χ3n) is 5.85. The topological polar surface area (TPSA) is 69.8 Å². The summed E-state index contributed by atoms with van der Waals surface area (Å²) in [6, 6.07) is 26.1. The van der Waals surface area contributed by atoms with Crippen LogP contribution in [0, 0.1) is 11.6 Å². The lowest BCUT2D eigenvalue weighted by atomic mass is 10.2. The standard InChI is InChI=1S/C28H16F2N4O2S2/c29-19-13-7-15-21-23(19)25(35)33(17-9-3-1-4-10-17)27(31-21)37-38-28-32-22-16-8-14-20(30)24(22)26(36)34(28)18-11-5-2-6-12-18/h1-16H. The summed E-state index contributed by atoms with van der Waals surface area (Å²) in [4.78, 5) is 36.1. The number of benzene rings is 4. The van der Waals surface area contributed by atoms with Gasteiger partial charge in [0.05, 0.1) is 22.4 Å². The number of hydrogen-bond donors (Lipinski definition) is 0. The molecular formula is C28H16F2N4O2S2. The van der Waals surface area contributed by atoms with Gasteiger partial charge in [0.1, 0.15) is 22.4 Å². The fourth-order valence-corrected chi connectivity index (χ4v) is 6.20. The van der Waals surface area contributed by atoms with Crippen LogP contribution in [0.1, 0.15) is 0 Å². The predicted molar refractivity (Wildman–Crippen MR) is 146 cm³/mol. The van der Waals surface area contributed by atoms with Gasteiger partial charge in [-0.25, -0.2) is 18.7 Å². The van der Waals surface area contributed by atoms with Crippen molar-refractivity contribution >= 4 is 43.4 Å². The van der Waals surface area contributed by atoms with E-state index in [1.807, 2.05) is 12.1 Å². The van der Waals surface area contributed by atoms with Gasteiger partial charge in [-0.1, -0.05) is 48.5 Å². The summed E-state index contributed by atoms with van der Waals surface area (Å²) in [5.41, 5.74) is 0.311. The van der Waals surface area contributed by atoms with E-state index in [0.717, 1.165) is 21.6 Å². The van der Waals surface area contributed by atoms with Crippen molar-refractivity contribution in [1.29, 1.82) is 0 Å². The average molecular weight is 543 g/mol. The minimum atomic E-state index is -0.662. The molecule has 0 amide bonds. The fourth-order valence-electron chi connectivity index (χ4n) is 4.13. The summed E-state index contributed by atoms with van der Waals surface area (Å²) in [5.74, 6) is -1.32. The van der Waals surface area contributed by atoms with Gasteiger partial charge in [0, 0.05) is 0 Å². The van der Waals surface area contributed by atoms with Crippen LogP contribution in [0.5, 0.6) is 0 Å². The van der Waals surface area contributed by atoms with Gasteiger partial charge in [-0.05, 0) is 70.1 Å². The highest BCUT2D eigenvalue weighted by Crippen LogP contribution is 2.37. The molecule has 10 heteroatoms. The summed E-state index contributed by atoms with van der Waals surface area (Å²) in [7, 11) is 2.18. The van der Waals surface area contributed by atoms with E-state index in [-0.39, 0.29) is 32.1 Å². The van der Waals surface area contributed by atoms with Crippen molar-refractivity contribution in [2.45, 2.75) is 10.3 Å². The molecule has 6 rings (SSSR count).